The number of nitrogens with zero attached hydrogens (tertiary/aromatic N) is 2. The Bertz CT molecular complexity index is 1270. The van der Waals surface area contributed by atoms with Crippen molar-refractivity contribution in [2.45, 2.75) is 6.18 Å². The first-order valence-corrected chi connectivity index (χ1v) is 10.8. The van der Waals surface area contributed by atoms with E-state index < -0.39 is 11.7 Å². The number of benzene rings is 2. The summed E-state index contributed by atoms with van der Waals surface area (Å²) in [5, 5.41) is 2.80. The summed E-state index contributed by atoms with van der Waals surface area (Å²) in [6.07, 6.45) is -0.954. The van der Waals surface area contributed by atoms with Gasteiger partial charge < -0.3 is 20.1 Å². The highest BCUT2D eigenvalue weighted by atomic mass is 19.4. The lowest BCUT2D eigenvalue weighted by Gasteiger charge is -2.37. The van der Waals surface area contributed by atoms with E-state index in [2.05, 4.69) is 10.3 Å². The molecule has 5 rings (SSSR count). The summed E-state index contributed by atoms with van der Waals surface area (Å²) in [7, 11) is 0. The topological polar surface area (TPSA) is 68.4 Å². The molecule has 0 aliphatic carbocycles. The molecule has 0 bridgehead atoms. The Morgan fingerprint density at radius 3 is 2.44 bits per heavy atom. The van der Waals surface area contributed by atoms with E-state index in [1.165, 1.54) is 12.1 Å². The van der Waals surface area contributed by atoms with Crippen LogP contribution in [0.3, 0.4) is 0 Å². The minimum atomic E-state index is -4.44. The van der Waals surface area contributed by atoms with Crippen LogP contribution in [-0.4, -0.2) is 47.9 Å². The number of hydrogen-bond acceptors (Lipinski definition) is 3. The molecule has 2 aliphatic heterocycles. The molecule has 1 fully saturated rings. The van der Waals surface area contributed by atoms with Gasteiger partial charge in [-0.15, -0.1) is 0 Å². The van der Waals surface area contributed by atoms with Gasteiger partial charge in [-0.1, -0.05) is 12.1 Å². The van der Waals surface area contributed by atoms with Crippen molar-refractivity contribution in [2.75, 3.05) is 36.4 Å². The van der Waals surface area contributed by atoms with E-state index in [0.29, 0.717) is 48.6 Å². The maximum absolute atomic E-state index is 13.4. The van der Waals surface area contributed by atoms with E-state index in [0.717, 1.165) is 11.8 Å². The van der Waals surface area contributed by atoms with Gasteiger partial charge in [0.1, 0.15) is 0 Å². The van der Waals surface area contributed by atoms with Crippen LogP contribution in [0.5, 0.6) is 0 Å². The third kappa shape index (κ3) is 4.05. The molecule has 2 aromatic carbocycles. The van der Waals surface area contributed by atoms with Crippen molar-refractivity contribution in [1.82, 2.24) is 9.88 Å². The maximum Gasteiger partial charge on any atom is 0.418 e. The molecule has 1 aromatic heterocycles. The molecular weight excluding hydrogens is 445 g/mol. The molecule has 3 aromatic rings. The van der Waals surface area contributed by atoms with Gasteiger partial charge in [0.05, 0.1) is 11.1 Å². The van der Waals surface area contributed by atoms with Crippen LogP contribution in [0.2, 0.25) is 0 Å². The Labute approximate surface area is 193 Å². The van der Waals surface area contributed by atoms with E-state index >= 15 is 0 Å². The second-order valence-corrected chi connectivity index (χ2v) is 8.19. The molecule has 0 saturated carbocycles. The zero-order valence-corrected chi connectivity index (χ0v) is 18.0. The number of nitrogens with one attached hydrogen (secondary N) is 2. The van der Waals surface area contributed by atoms with Crippen molar-refractivity contribution in [3.8, 4) is 0 Å². The molecule has 6 nitrogen and oxygen atoms in total. The number of rotatable bonds is 3. The number of halogens is 3. The lowest BCUT2D eigenvalue weighted by molar-refractivity contribution is -0.137. The molecule has 2 N–H and O–H groups in total. The number of piperazine rings is 1. The monoisotopic (exact) mass is 466 g/mol. The van der Waals surface area contributed by atoms with Gasteiger partial charge in [0.2, 0.25) is 0 Å². The highest BCUT2D eigenvalue weighted by molar-refractivity contribution is 6.35. The quantitative estimate of drug-likeness (QED) is 0.559. The molecule has 1 saturated heterocycles. The van der Waals surface area contributed by atoms with Crippen LogP contribution in [0.25, 0.3) is 11.6 Å². The fourth-order valence-corrected chi connectivity index (χ4v) is 4.38. The highest BCUT2D eigenvalue weighted by Crippen LogP contribution is 2.37. The van der Waals surface area contributed by atoms with Crippen LogP contribution in [0.4, 0.5) is 24.5 Å². The lowest BCUT2D eigenvalue weighted by atomic mass is 10.0. The van der Waals surface area contributed by atoms with Gasteiger partial charge in [-0.3, -0.25) is 9.59 Å². The van der Waals surface area contributed by atoms with Crippen molar-refractivity contribution in [3.05, 3.63) is 83.2 Å². The average Bonchev–Trinajstić information content (AvgIpc) is 3.46. The van der Waals surface area contributed by atoms with Crippen molar-refractivity contribution >= 4 is 34.8 Å². The summed E-state index contributed by atoms with van der Waals surface area (Å²) >= 11 is 0. The number of carbonyl (C=O) groups is 2. The molecule has 2 amide bonds. The minimum Gasteiger partial charge on any atom is -0.367 e. The number of H-pyrrole nitrogens is 1. The fraction of sp³-hybridized carbons (Fsp3) is 0.200. The third-order valence-corrected chi connectivity index (χ3v) is 6.09. The predicted molar refractivity (Wildman–Crippen MR) is 123 cm³/mol. The first-order chi connectivity index (χ1) is 16.3. The molecule has 34 heavy (non-hydrogen) atoms. The number of para-hydroxylation sites is 1. The summed E-state index contributed by atoms with van der Waals surface area (Å²) in [4.78, 5) is 31.9. The third-order valence-electron chi connectivity index (χ3n) is 6.09. The second-order valence-electron chi connectivity index (χ2n) is 8.19. The summed E-state index contributed by atoms with van der Waals surface area (Å²) in [5.41, 5.74) is 2.38. The van der Waals surface area contributed by atoms with Crippen LogP contribution in [-0.2, 0) is 11.0 Å². The Morgan fingerprint density at radius 1 is 0.971 bits per heavy atom. The number of amides is 2. The second kappa shape index (κ2) is 8.40. The molecule has 0 unspecified atom stereocenters. The van der Waals surface area contributed by atoms with Crippen molar-refractivity contribution < 1.29 is 22.8 Å². The van der Waals surface area contributed by atoms with Crippen LogP contribution in [0.15, 0.2) is 60.8 Å². The van der Waals surface area contributed by atoms with E-state index in [1.807, 2.05) is 12.1 Å². The molecule has 174 valence electrons. The molecule has 0 atom stereocenters. The van der Waals surface area contributed by atoms with Gasteiger partial charge in [0.25, 0.3) is 11.8 Å². The van der Waals surface area contributed by atoms with Gasteiger partial charge in [-0.05, 0) is 48.5 Å². The number of fused-ring (bicyclic) bond motifs is 1. The fourth-order valence-electron chi connectivity index (χ4n) is 4.38. The van der Waals surface area contributed by atoms with E-state index in [1.54, 1.807) is 46.3 Å². The summed E-state index contributed by atoms with van der Waals surface area (Å²) in [6, 6.07) is 14.2. The van der Waals surface area contributed by atoms with E-state index in [-0.39, 0.29) is 17.5 Å². The number of aromatic amines is 1. The van der Waals surface area contributed by atoms with E-state index in [4.69, 9.17) is 0 Å². The smallest absolute Gasteiger partial charge is 0.367 e. The van der Waals surface area contributed by atoms with Crippen molar-refractivity contribution in [3.63, 3.8) is 0 Å². The summed E-state index contributed by atoms with van der Waals surface area (Å²) in [6.45, 7) is 1.18. The Hall–Kier alpha value is -4.01. The number of anilines is 2. The van der Waals surface area contributed by atoms with Crippen molar-refractivity contribution in [2.24, 2.45) is 0 Å². The number of carbonyl (C=O) groups excluding carboxylic acids is 2. The molecule has 2 aliphatic rings. The Balaban J connectivity index is 1.33. The normalized spacial score (nSPS) is 17.1. The molecule has 0 radical (unpaired) electrons. The Kier molecular flexibility index (Phi) is 5.39. The van der Waals surface area contributed by atoms with Gasteiger partial charge in [0, 0.05) is 60.6 Å². The highest BCUT2D eigenvalue weighted by Gasteiger charge is 2.35. The zero-order valence-electron chi connectivity index (χ0n) is 18.0. The first kappa shape index (κ1) is 21.8. The van der Waals surface area contributed by atoms with Gasteiger partial charge in [-0.2, -0.15) is 13.2 Å². The van der Waals surface area contributed by atoms with Gasteiger partial charge in [0.15, 0.2) is 0 Å². The average molecular weight is 466 g/mol. The SMILES string of the molecule is O=C1Nc2ccc(C(=O)N3CCN(c4ccccc4C(F)(F)F)CC3)cc2/C1=C/c1ccc[nH]1. The largest absolute Gasteiger partial charge is 0.418 e. The molecule has 9 heteroatoms. The summed E-state index contributed by atoms with van der Waals surface area (Å²) < 4.78 is 40.2. The summed E-state index contributed by atoms with van der Waals surface area (Å²) in [5.74, 6) is -0.462. The molecule has 0 spiro atoms. The maximum atomic E-state index is 13.4. The van der Waals surface area contributed by atoms with E-state index in [9.17, 15) is 22.8 Å². The lowest BCUT2D eigenvalue weighted by Crippen LogP contribution is -2.49. The number of alkyl halides is 3. The number of hydrogen-bond donors (Lipinski definition) is 2. The number of aromatic nitrogens is 1. The van der Waals surface area contributed by atoms with Crippen LogP contribution in [0.1, 0.15) is 27.2 Å². The van der Waals surface area contributed by atoms with Crippen LogP contribution in [0, 0.1) is 0 Å². The first-order valence-electron chi connectivity index (χ1n) is 10.8. The predicted octanol–water partition coefficient (Wildman–Crippen LogP) is 4.49. The van der Waals surface area contributed by atoms with Gasteiger partial charge in [-0.25, -0.2) is 0 Å². The van der Waals surface area contributed by atoms with Crippen LogP contribution >= 0.6 is 0 Å². The van der Waals surface area contributed by atoms with Gasteiger partial charge >= 0.3 is 6.18 Å². The molecule has 3 heterocycles. The zero-order chi connectivity index (χ0) is 23.9. The van der Waals surface area contributed by atoms with Crippen LogP contribution < -0.4 is 10.2 Å². The Morgan fingerprint density at radius 2 is 1.74 bits per heavy atom. The van der Waals surface area contributed by atoms with Crippen molar-refractivity contribution in [1.29, 1.82) is 0 Å². The molecular formula is C25H21F3N4O2. The minimum absolute atomic E-state index is 0.128. The standard InChI is InChI=1S/C25H21F3N4O2/c26-25(27,28)20-5-1-2-6-22(20)31-10-12-32(13-11-31)24(34)16-7-8-21-18(14-16)19(23(33)30-21)15-17-4-3-9-29-17/h1-9,14-15,29H,10-13H2,(H,30,33)/b19-15-.